The molecule has 0 aliphatic rings. The molecule has 2 rings (SSSR count). The third-order valence-electron chi connectivity index (χ3n) is 2.49. The smallest absolute Gasteiger partial charge is 0.356 e. The molecule has 0 aliphatic heterocycles. The van der Waals surface area contributed by atoms with E-state index in [1.165, 1.54) is 0 Å². The number of aromatic nitrogens is 3. The molecule has 0 aromatic carbocycles. The molecule has 88 valence electrons. The van der Waals surface area contributed by atoms with Crippen LogP contribution < -0.4 is 0 Å². The molecule has 5 heteroatoms. The van der Waals surface area contributed by atoms with Gasteiger partial charge in [0.15, 0.2) is 5.69 Å². The highest BCUT2D eigenvalue weighted by molar-refractivity contribution is 5.85. The van der Waals surface area contributed by atoms with E-state index in [1.807, 2.05) is 26.0 Å². The molecule has 0 atom stereocenters. The first-order valence-corrected chi connectivity index (χ1v) is 5.37. The number of aryl methyl sites for hydroxylation is 2. The second kappa shape index (κ2) is 4.37. The fourth-order valence-corrected chi connectivity index (χ4v) is 1.66. The van der Waals surface area contributed by atoms with Gasteiger partial charge in [0.05, 0.1) is 5.69 Å². The molecule has 0 spiro atoms. The Balaban J connectivity index is 2.54. The first kappa shape index (κ1) is 11.3. The first-order chi connectivity index (χ1) is 8.11. The van der Waals surface area contributed by atoms with Crippen molar-refractivity contribution in [3.8, 4) is 5.69 Å². The van der Waals surface area contributed by atoms with Crippen LogP contribution in [0.4, 0.5) is 0 Å². The van der Waals surface area contributed by atoms with Crippen LogP contribution in [0, 0.1) is 6.92 Å². The third-order valence-corrected chi connectivity index (χ3v) is 2.49. The van der Waals surface area contributed by atoms with Crippen LogP contribution in [0.5, 0.6) is 0 Å². The van der Waals surface area contributed by atoms with Crippen molar-refractivity contribution in [2.45, 2.75) is 20.3 Å². The van der Waals surface area contributed by atoms with Crippen LogP contribution in [-0.4, -0.2) is 25.8 Å². The van der Waals surface area contributed by atoms with E-state index in [1.54, 1.807) is 16.9 Å². The molecule has 0 bridgehead atoms. The van der Waals surface area contributed by atoms with E-state index >= 15 is 0 Å². The van der Waals surface area contributed by atoms with Crippen LogP contribution in [0.1, 0.15) is 28.8 Å². The molecule has 0 saturated carbocycles. The van der Waals surface area contributed by atoms with Crippen molar-refractivity contribution < 1.29 is 9.90 Å². The maximum atomic E-state index is 10.9. The van der Waals surface area contributed by atoms with Gasteiger partial charge in [0.1, 0.15) is 0 Å². The van der Waals surface area contributed by atoms with Gasteiger partial charge in [-0.25, -0.2) is 9.48 Å². The minimum atomic E-state index is -1.01. The molecular weight excluding hydrogens is 218 g/mol. The number of carboxylic acid groups (broad SMARTS) is 1. The van der Waals surface area contributed by atoms with Gasteiger partial charge in [0.2, 0.25) is 0 Å². The third kappa shape index (κ3) is 2.18. The summed E-state index contributed by atoms with van der Waals surface area (Å²) >= 11 is 0. The molecule has 1 N–H and O–H groups in total. The predicted octanol–water partition coefficient (Wildman–Crippen LogP) is 1.84. The van der Waals surface area contributed by atoms with Crippen LogP contribution >= 0.6 is 0 Å². The summed E-state index contributed by atoms with van der Waals surface area (Å²) in [7, 11) is 0. The summed E-state index contributed by atoms with van der Waals surface area (Å²) in [5.74, 6) is -1.01. The first-order valence-electron chi connectivity index (χ1n) is 5.37. The fraction of sp³-hybridized carbons (Fsp3) is 0.250. The molecular formula is C12H13N3O2. The van der Waals surface area contributed by atoms with Gasteiger partial charge in [-0.1, -0.05) is 6.92 Å². The van der Waals surface area contributed by atoms with Crippen molar-refractivity contribution in [2.75, 3.05) is 0 Å². The zero-order valence-corrected chi connectivity index (χ0v) is 9.71. The molecule has 0 aliphatic carbocycles. The number of carboxylic acids is 1. The summed E-state index contributed by atoms with van der Waals surface area (Å²) in [6.07, 6.45) is 2.41. The maximum Gasteiger partial charge on any atom is 0.356 e. The Kier molecular flexibility index (Phi) is 2.91. The van der Waals surface area contributed by atoms with Crippen LogP contribution in [0.3, 0.4) is 0 Å². The Morgan fingerprint density at radius 3 is 2.82 bits per heavy atom. The summed E-state index contributed by atoms with van der Waals surface area (Å²) in [6, 6.07) is 5.28. The molecule has 5 nitrogen and oxygen atoms in total. The van der Waals surface area contributed by atoms with Gasteiger partial charge >= 0.3 is 5.97 Å². The summed E-state index contributed by atoms with van der Waals surface area (Å²) in [5.41, 5.74) is 2.64. The number of hydrogen-bond acceptors (Lipinski definition) is 3. The maximum absolute atomic E-state index is 10.9. The average molecular weight is 231 g/mol. The van der Waals surface area contributed by atoms with Crippen molar-refractivity contribution in [1.82, 2.24) is 14.8 Å². The van der Waals surface area contributed by atoms with E-state index in [-0.39, 0.29) is 5.69 Å². The van der Waals surface area contributed by atoms with Gasteiger partial charge in [-0.05, 0) is 31.5 Å². The number of rotatable bonds is 3. The molecule has 2 aromatic rings. The Labute approximate surface area is 98.7 Å². The Morgan fingerprint density at radius 1 is 1.47 bits per heavy atom. The zero-order valence-electron chi connectivity index (χ0n) is 9.71. The van der Waals surface area contributed by atoms with Crippen molar-refractivity contribution in [3.63, 3.8) is 0 Å². The van der Waals surface area contributed by atoms with Gasteiger partial charge in [0.25, 0.3) is 0 Å². The van der Waals surface area contributed by atoms with E-state index in [2.05, 4.69) is 10.1 Å². The molecule has 0 saturated heterocycles. The quantitative estimate of drug-likeness (QED) is 0.875. The average Bonchev–Trinajstić information content (AvgIpc) is 2.73. The van der Waals surface area contributed by atoms with Crippen LogP contribution in [-0.2, 0) is 6.42 Å². The largest absolute Gasteiger partial charge is 0.476 e. The van der Waals surface area contributed by atoms with E-state index < -0.39 is 5.97 Å². The highest BCUT2D eigenvalue weighted by Crippen LogP contribution is 2.13. The minimum Gasteiger partial charge on any atom is -0.476 e. The molecule has 0 amide bonds. The predicted molar refractivity (Wildman–Crippen MR) is 62.4 cm³/mol. The van der Waals surface area contributed by atoms with Gasteiger partial charge in [-0.15, -0.1) is 0 Å². The standard InChI is InChI=1S/C12H13N3O2/c1-3-9-7-11(12(16)17)14-15(9)10-4-5-13-8(2)6-10/h4-7H,3H2,1-2H3,(H,16,17). The monoisotopic (exact) mass is 231 g/mol. The van der Waals surface area contributed by atoms with E-state index in [9.17, 15) is 4.79 Å². The number of carbonyl (C=O) groups is 1. The van der Waals surface area contributed by atoms with E-state index in [0.717, 1.165) is 23.5 Å². The molecule has 2 aromatic heterocycles. The van der Waals surface area contributed by atoms with Crippen LogP contribution in [0.25, 0.3) is 5.69 Å². The Hall–Kier alpha value is -2.17. The molecule has 0 fully saturated rings. The lowest BCUT2D eigenvalue weighted by molar-refractivity contribution is 0.0690. The molecule has 17 heavy (non-hydrogen) atoms. The number of hydrogen-bond donors (Lipinski definition) is 1. The Morgan fingerprint density at radius 2 is 2.24 bits per heavy atom. The van der Waals surface area contributed by atoms with Crippen molar-refractivity contribution in [3.05, 3.63) is 41.5 Å². The fourth-order valence-electron chi connectivity index (χ4n) is 1.66. The molecule has 0 unspecified atom stereocenters. The molecule has 0 radical (unpaired) electrons. The van der Waals surface area contributed by atoms with Crippen molar-refractivity contribution in [1.29, 1.82) is 0 Å². The zero-order chi connectivity index (χ0) is 12.4. The molecule has 2 heterocycles. The van der Waals surface area contributed by atoms with Gasteiger partial charge < -0.3 is 5.11 Å². The highest BCUT2D eigenvalue weighted by atomic mass is 16.4. The van der Waals surface area contributed by atoms with Crippen molar-refractivity contribution >= 4 is 5.97 Å². The lowest BCUT2D eigenvalue weighted by Crippen LogP contribution is -2.04. The van der Waals surface area contributed by atoms with Gasteiger partial charge in [-0.2, -0.15) is 5.10 Å². The second-order valence-electron chi connectivity index (χ2n) is 3.75. The minimum absolute atomic E-state index is 0.0660. The normalized spacial score (nSPS) is 10.5. The number of aromatic carboxylic acids is 1. The summed E-state index contributed by atoms with van der Waals surface area (Å²) in [4.78, 5) is 15.0. The van der Waals surface area contributed by atoms with E-state index in [4.69, 9.17) is 5.11 Å². The number of nitrogens with zero attached hydrogens (tertiary/aromatic N) is 3. The summed E-state index contributed by atoms with van der Waals surface area (Å²) in [6.45, 7) is 3.85. The van der Waals surface area contributed by atoms with Crippen molar-refractivity contribution in [2.24, 2.45) is 0 Å². The number of pyridine rings is 1. The lowest BCUT2D eigenvalue weighted by Gasteiger charge is -2.05. The highest BCUT2D eigenvalue weighted by Gasteiger charge is 2.13. The Bertz CT molecular complexity index is 561. The second-order valence-corrected chi connectivity index (χ2v) is 3.75. The summed E-state index contributed by atoms with van der Waals surface area (Å²) < 4.78 is 1.65. The SMILES string of the molecule is CCc1cc(C(=O)O)nn1-c1ccnc(C)c1. The van der Waals surface area contributed by atoms with Crippen LogP contribution in [0.15, 0.2) is 24.4 Å². The van der Waals surface area contributed by atoms with Crippen LogP contribution in [0.2, 0.25) is 0 Å². The lowest BCUT2D eigenvalue weighted by atomic mass is 10.3. The summed E-state index contributed by atoms with van der Waals surface area (Å²) in [5, 5.41) is 13.0. The topological polar surface area (TPSA) is 68.0 Å². The van der Waals surface area contributed by atoms with Gasteiger partial charge in [0, 0.05) is 17.6 Å². The van der Waals surface area contributed by atoms with Gasteiger partial charge in [-0.3, -0.25) is 4.98 Å². The van der Waals surface area contributed by atoms with E-state index in [0.29, 0.717) is 0 Å².